The van der Waals surface area contributed by atoms with Gasteiger partial charge in [0, 0.05) is 45.2 Å². The van der Waals surface area contributed by atoms with E-state index in [1.165, 1.54) is 6.07 Å². The van der Waals surface area contributed by atoms with Gasteiger partial charge in [-0.05, 0) is 30.7 Å². The van der Waals surface area contributed by atoms with Crippen LogP contribution in [0.25, 0.3) is 0 Å². The molecule has 0 radical (unpaired) electrons. The van der Waals surface area contributed by atoms with E-state index in [0.717, 1.165) is 12.1 Å². The van der Waals surface area contributed by atoms with Crippen molar-refractivity contribution in [2.75, 3.05) is 37.6 Å². The molecular formula is C22H21F3N4O2. The summed E-state index contributed by atoms with van der Waals surface area (Å²) >= 11 is 0. The molecule has 162 valence electrons. The number of carbonyl (C=O) groups is 2. The van der Waals surface area contributed by atoms with E-state index >= 15 is 0 Å². The van der Waals surface area contributed by atoms with Crippen molar-refractivity contribution in [2.24, 2.45) is 0 Å². The van der Waals surface area contributed by atoms with Crippen molar-refractivity contribution in [3.8, 4) is 6.07 Å². The number of nitrogens with one attached hydrogen (secondary N) is 1. The third-order valence-electron chi connectivity index (χ3n) is 5.11. The van der Waals surface area contributed by atoms with E-state index in [2.05, 4.69) is 5.32 Å². The number of benzene rings is 2. The Balaban J connectivity index is 1.43. The summed E-state index contributed by atoms with van der Waals surface area (Å²) in [5, 5.41) is 11.7. The molecule has 2 amide bonds. The highest BCUT2D eigenvalue weighted by molar-refractivity contribution is 5.94. The number of carbonyl (C=O) groups excluding carboxylic acids is 2. The molecule has 0 unspecified atom stereocenters. The summed E-state index contributed by atoms with van der Waals surface area (Å²) in [4.78, 5) is 27.9. The van der Waals surface area contributed by atoms with Gasteiger partial charge in [0.05, 0.1) is 11.3 Å². The number of nitrogens with zero attached hydrogens (tertiary/aromatic N) is 3. The van der Waals surface area contributed by atoms with Crippen molar-refractivity contribution in [3.63, 3.8) is 0 Å². The fourth-order valence-electron chi connectivity index (χ4n) is 3.45. The second-order valence-electron chi connectivity index (χ2n) is 7.10. The van der Waals surface area contributed by atoms with Crippen molar-refractivity contribution < 1.29 is 22.8 Å². The normalized spacial score (nSPS) is 13.6. The van der Waals surface area contributed by atoms with Crippen LogP contribution in [0.2, 0.25) is 0 Å². The van der Waals surface area contributed by atoms with E-state index in [1.54, 1.807) is 17.0 Å². The molecule has 1 aliphatic heterocycles. The second-order valence-corrected chi connectivity index (χ2v) is 7.10. The van der Waals surface area contributed by atoms with Gasteiger partial charge in [-0.2, -0.15) is 5.26 Å². The zero-order chi connectivity index (χ0) is 22.4. The van der Waals surface area contributed by atoms with E-state index in [-0.39, 0.29) is 30.0 Å². The van der Waals surface area contributed by atoms with Crippen molar-refractivity contribution >= 4 is 17.5 Å². The van der Waals surface area contributed by atoms with E-state index in [9.17, 15) is 28.0 Å². The van der Waals surface area contributed by atoms with Gasteiger partial charge in [-0.15, -0.1) is 0 Å². The Morgan fingerprint density at radius 2 is 1.77 bits per heavy atom. The monoisotopic (exact) mass is 430 g/mol. The predicted molar refractivity (Wildman–Crippen MR) is 108 cm³/mol. The van der Waals surface area contributed by atoms with Crippen LogP contribution < -0.4 is 10.2 Å². The molecule has 6 nitrogen and oxygen atoms in total. The average Bonchev–Trinajstić information content (AvgIpc) is 2.76. The Kier molecular flexibility index (Phi) is 7.13. The van der Waals surface area contributed by atoms with Crippen LogP contribution >= 0.6 is 0 Å². The number of piperazine rings is 1. The van der Waals surface area contributed by atoms with Gasteiger partial charge in [-0.1, -0.05) is 6.07 Å². The Morgan fingerprint density at radius 1 is 1.03 bits per heavy atom. The van der Waals surface area contributed by atoms with E-state index in [4.69, 9.17) is 0 Å². The van der Waals surface area contributed by atoms with Gasteiger partial charge in [0.1, 0.15) is 29.1 Å². The zero-order valence-corrected chi connectivity index (χ0v) is 16.7. The molecule has 0 bridgehead atoms. The Bertz CT molecular complexity index is 1010. The van der Waals surface area contributed by atoms with Gasteiger partial charge >= 0.3 is 0 Å². The van der Waals surface area contributed by atoms with Crippen molar-refractivity contribution in [1.82, 2.24) is 10.2 Å². The van der Waals surface area contributed by atoms with Crippen LogP contribution in [0, 0.1) is 28.8 Å². The summed E-state index contributed by atoms with van der Waals surface area (Å²) in [6, 6.07) is 9.08. The minimum atomic E-state index is -0.940. The van der Waals surface area contributed by atoms with Gasteiger partial charge in [0.15, 0.2) is 0 Å². The molecule has 0 aromatic heterocycles. The molecule has 2 aromatic carbocycles. The minimum absolute atomic E-state index is 0.00407. The molecular weight excluding hydrogens is 409 g/mol. The number of hydrogen-bond acceptors (Lipinski definition) is 4. The van der Waals surface area contributed by atoms with E-state index in [0.29, 0.717) is 44.4 Å². The molecule has 1 heterocycles. The molecule has 0 spiro atoms. The molecule has 1 saturated heterocycles. The zero-order valence-electron chi connectivity index (χ0n) is 16.7. The summed E-state index contributed by atoms with van der Waals surface area (Å²) < 4.78 is 40.3. The molecule has 1 fully saturated rings. The fraction of sp³-hybridized carbons (Fsp3) is 0.318. The first-order chi connectivity index (χ1) is 14.9. The lowest BCUT2D eigenvalue weighted by Gasteiger charge is -2.36. The third-order valence-corrected chi connectivity index (χ3v) is 5.11. The number of anilines is 1. The highest BCUT2D eigenvalue weighted by atomic mass is 19.1. The smallest absolute Gasteiger partial charge is 0.254 e. The van der Waals surface area contributed by atoms with E-state index < -0.39 is 23.4 Å². The lowest BCUT2D eigenvalue weighted by atomic mass is 10.1. The second kappa shape index (κ2) is 9.98. The largest absolute Gasteiger partial charge is 0.367 e. The summed E-state index contributed by atoms with van der Waals surface area (Å²) in [5.74, 6) is -3.02. The van der Waals surface area contributed by atoms with Crippen molar-refractivity contribution in [1.29, 1.82) is 5.26 Å². The Labute approximate surface area is 177 Å². The van der Waals surface area contributed by atoms with Gasteiger partial charge in [0.25, 0.3) is 5.91 Å². The van der Waals surface area contributed by atoms with Crippen LogP contribution in [0.3, 0.4) is 0 Å². The molecule has 0 atom stereocenters. The van der Waals surface area contributed by atoms with Gasteiger partial charge in [-0.25, -0.2) is 13.2 Å². The van der Waals surface area contributed by atoms with Crippen LogP contribution in [-0.4, -0.2) is 49.4 Å². The number of nitriles is 1. The Hall–Kier alpha value is -3.54. The predicted octanol–water partition coefficient (Wildman–Crippen LogP) is 2.83. The molecule has 3 rings (SSSR count). The van der Waals surface area contributed by atoms with E-state index in [1.807, 2.05) is 11.0 Å². The molecule has 2 aromatic rings. The maximum atomic E-state index is 13.8. The summed E-state index contributed by atoms with van der Waals surface area (Å²) in [7, 11) is 0. The molecule has 9 heteroatoms. The number of rotatable bonds is 6. The Morgan fingerprint density at radius 3 is 2.45 bits per heavy atom. The summed E-state index contributed by atoms with van der Waals surface area (Å²) in [6.45, 7) is 2.01. The number of hydrogen-bond donors (Lipinski definition) is 1. The standard InChI is InChI=1S/C22H21F3N4O2/c23-15-6-7-16(19(25)13-15)22(31)27-8-2-5-21(30)29-11-9-28(10-12-29)20-4-1-3-18(24)17(20)14-26/h1,3-4,6-7,13H,2,5,8-12H2,(H,27,31). The van der Waals surface area contributed by atoms with Crippen LogP contribution in [0.15, 0.2) is 36.4 Å². The van der Waals surface area contributed by atoms with Gasteiger partial charge in [-0.3, -0.25) is 9.59 Å². The van der Waals surface area contributed by atoms with Crippen LogP contribution in [0.5, 0.6) is 0 Å². The third kappa shape index (κ3) is 5.34. The molecule has 1 N–H and O–H groups in total. The first kappa shape index (κ1) is 22.2. The number of amides is 2. The van der Waals surface area contributed by atoms with Gasteiger partial charge in [0.2, 0.25) is 5.91 Å². The lowest BCUT2D eigenvalue weighted by Crippen LogP contribution is -2.49. The molecule has 0 saturated carbocycles. The maximum Gasteiger partial charge on any atom is 0.254 e. The highest BCUT2D eigenvalue weighted by Crippen LogP contribution is 2.23. The highest BCUT2D eigenvalue weighted by Gasteiger charge is 2.23. The summed E-state index contributed by atoms with van der Waals surface area (Å²) in [5.41, 5.74) is 0.263. The van der Waals surface area contributed by atoms with Crippen LogP contribution in [-0.2, 0) is 4.79 Å². The van der Waals surface area contributed by atoms with Gasteiger partial charge < -0.3 is 15.1 Å². The van der Waals surface area contributed by atoms with Crippen LogP contribution in [0.1, 0.15) is 28.8 Å². The first-order valence-corrected chi connectivity index (χ1v) is 9.85. The van der Waals surface area contributed by atoms with Crippen molar-refractivity contribution in [2.45, 2.75) is 12.8 Å². The first-order valence-electron chi connectivity index (χ1n) is 9.85. The minimum Gasteiger partial charge on any atom is -0.367 e. The summed E-state index contributed by atoms with van der Waals surface area (Å²) in [6.07, 6.45) is 0.575. The quantitative estimate of drug-likeness (QED) is 0.715. The topological polar surface area (TPSA) is 76.4 Å². The average molecular weight is 430 g/mol. The maximum absolute atomic E-state index is 13.8. The fourth-order valence-corrected chi connectivity index (χ4v) is 3.45. The number of halogens is 3. The lowest BCUT2D eigenvalue weighted by molar-refractivity contribution is -0.131. The van der Waals surface area contributed by atoms with Crippen molar-refractivity contribution in [3.05, 3.63) is 65.0 Å². The molecule has 0 aliphatic carbocycles. The van der Waals surface area contributed by atoms with Crippen LogP contribution in [0.4, 0.5) is 18.9 Å². The SMILES string of the molecule is N#Cc1c(F)cccc1N1CCN(C(=O)CCCNC(=O)c2ccc(F)cc2F)CC1. The molecule has 1 aliphatic rings. The molecule has 31 heavy (non-hydrogen) atoms.